The van der Waals surface area contributed by atoms with Crippen molar-refractivity contribution in [3.63, 3.8) is 0 Å². The van der Waals surface area contributed by atoms with Crippen molar-refractivity contribution < 1.29 is 8.78 Å². The van der Waals surface area contributed by atoms with Crippen LogP contribution in [-0.2, 0) is 6.54 Å². The maximum absolute atomic E-state index is 13.2. The number of H-pyrrole nitrogens is 2. The molecule has 3 N–H and O–H groups in total. The second-order valence-corrected chi connectivity index (χ2v) is 7.66. The lowest BCUT2D eigenvalue weighted by Gasteiger charge is -2.18. The van der Waals surface area contributed by atoms with Gasteiger partial charge in [-0.2, -0.15) is 10.1 Å². The van der Waals surface area contributed by atoms with Crippen LogP contribution in [0.4, 0.5) is 26.4 Å². The molecule has 0 spiro atoms. The van der Waals surface area contributed by atoms with Crippen molar-refractivity contribution in [3.05, 3.63) is 53.1 Å². The molecule has 8 nitrogen and oxygen atoms in total. The van der Waals surface area contributed by atoms with E-state index in [2.05, 4.69) is 35.5 Å². The normalized spacial score (nSPS) is 17.3. The van der Waals surface area contributed by atoms with Crippen molar-refractivity contribution in [1.82, 2.24) is 30.1 Å². The van der Waals surface area contributed by atoms with Crippen LogP contribution in [0.2, 0.25) is 5.02 Å². The van der Waals surface area contributed by atoms with E-state index < -0.39 is 11.8 Å². The Bertz CT molecular complexity index is 1220. The smallest absolute Gasteiger partial charge is 0.257 e. The predicted octanol–water partition coefficient (Wildman–Crippen LogP) is 4.23. The Balaban J connectivity index is 1.31. The Hall–Kier alpha value is -3.27. The monoisotopic (exact) mass is 430 g/mol. The van der Waals surface area contributed by atoms with Gasteiger partial charge < -0.3 is 15.2 Å². The molecule has 1 unspecified atom stereocenters. The number of benzene rings is 1. The van der Waals surface area contributed by atoms with Gasteiger partial charge in [-0.3, -0.25) is 5.10 Å². The van der Waals surface area contributed by atoms with Crippen LogP contribution < -0.4 is 10.2 Å². The summed E-state index contributed by atoms with van der Waals surface area (Å²) in [7, 11) is 1.85. The molecule has 3 heterocycles. The van der Waals surface area contributed by atoms with Crippen LogP contribution >= 0.6 is 11.6 Å². The number of hydrogen-bond donors (Lipinski definition) is 3. The molecular weight excluding hydrogens is 414 g/mol. The summed E-state index contributed by atoms with van der Waals surface area (Å²) in [5, 5.41) is 10.3. The van der Waals surface area contributed by atoms with Crippen LogP contribution in [0.25, 0.3) is 11.0 Å². The van der Waals surface area contributed by atoms with Crippen LogP contribution in [0.3, 0.4) is 0 Å². The molecular formula is C19H17ClF2N8. The Morgan fingerprint density at radius 2 is 2.10 bits per heavy atom. The van der Waals surface area contributed by atoms with Crippen LogP contribution in [-0.4, -0.2) is 43.1 Å². The molecule has 30 heavy (non-hydrogen) atoms. The first-order valence-electron chi connectivity index (χ1n) is 9.25. The summed E-state index contributed by atoms with van der Waals surface area (Å²) in [6.07, 6.45) is 3.07. The van der Waals surface area contributed by atoms with Crippen molar-refractivity contribution in [1.29, 1.82) is 0 Å². The fraction of sp³-hybridized carbons (Fsp3) is 0.263. The predicted molar refractivity (Wildman–Crippen MR) is 109 cm³/mol. The third-order valence-electron chi connectivity index (χ3n) is 5.06. The number of aromatic amines is 2. The van der Waals surface area contributed by atoms with Gasteiger partial charge in [0.15, 0.2) is 5.82 Å². The molecule has 1 fully saturated rings. The quantitative estimate of drug-likeness (QED) is 0.423. The lowest BCUT2D eigenvalue weighted by Crippen LogP contribution is -2.19. The zero-order valence-electron chi connectivity index (χ0n) is 15.8. The minimum atomic E-state index is -2.64. The standard InChI is InChI=1S/C19H17ClF2N8/c1-30(8-10-2-3-12-17(16(10)20)25-9-24-12)18-23-5-4-14(27-18)26-15-6-13(28-29-15)11-7-19(11,21)22/h2-6,9,11H,7-8H2,1H3,(H,24,25)(H2,23,26,27,28,29). The second-order valence-electron chi connectivity index (χ2n) is 7.29. The summed E-state index contributed by atoms with van der Waals surface area (Å²) in [6, 6.07) is 7.12. The summed E-state index contributed by atoms with van der Waals surface area (Å²) < 4.78 is 26.5. The molecule has 0 bridgehead atoms. The van der Waals surface area contributed by atoms with Gasteiger partial charge in [0.2, 0.25) is 5.95 Å². The van der Waals surface area contributed by atoms with Crippen molar-refractivity contribution in [2.24, 2.45) is 0 Å². The van der Waals surface area contributed by atoms with E-state index in [1.807, 2.05) is 24.1 Å². The van der Waals surface area contributed by atoms with E-state index in [4.69, 9.17) is 11.6 Å². The number of alkyl halides is 2. The maximum atomic E-state index is 13.2. The first kappa shape index (κ1) is 18.7. The molecule has 0 aliphatic heterocycles. The Labute approximate surface area is 174 Å². The van der Waals surface area contributed by atoms with Crippen LogP contribution in [0, 0.1) is 0 Å². The SMILES string of the molecule is CN(Cc1ccc2[nH]cnc2c1Cl)c1nccc(Nc2cc(C3CC3(F)F)[nH]n2)n1. The molecule has 1 aliphatic carbocycles. The van der Waals surface area contributed by atoms with Gasteiger partial charge in [-0.25, -0.2) is 18.7 Å². The average Bonchev–Trinajstić information content (AvgIpc) is 3.11. The number of anilines is 3. The van der Waals surface area contributed by atoms with Gasteiger partial charge in [0.25, 0.3) is 5.92 Å². The zero-order chi connectivity index (χ0) is 20.9. The number of aromatic nitrogens is 6. The van der Waals surface area contributed by atoms with Gasteiger partial charge >= 0.3 is 0 Å². The van der Waals surface area contributed by atoms with Gasteiger partial charge in [-0.05, 0) is 17.7 Å². The number of hydrogen-bond acceptors (Lipinski definition) is 6. The fourth-order valence-electron chi connectivity index (χ4n) is 3.33. The molecule has 1 atom stereocenters. The van der Waals surface area contributed by atoms with Crippen LogP contribution in [0.5, 0.6) is 0 Å². The average molecular weight is 431 g/mol. The van der Waals surface area contributed by atoms with E-state index in [0.29, 0.717) is 34.8 Å². The Kier molecular flexibility index (Phi) is 4.31. The Morgan fingerprint density at radius 3 is 2.90 bits per heavy atom. The maximum Gasteiger partial charge on any atom is 0.257 e. The van der Waals surface area contributed by atoms with Crippen LogP contribution in [0.1, 0.15) is 23.6 Å². The van der Waals surface area contributed by atoms with Crippen molar-refractivity contribution in [3.8, 4) is 0 Å². The third-order valence-corrected chi connectivity index (χ3v) is 5.48. The number of nitrogens with one attached hydrogen (secondary N) is 3. The highest BCUT2D eigenvalue weighted by atomic mass is 35.5. The summed E-state index contributed by atoms with van der Waals surface area (Å²) in [5.41, 5.74) is 2.89. The molecule has 3 aromatic heterocycles. The lowest BCUT2D eigenvalue weighted by molar-refractivity contribution is 0.111. The largest absolute Gasteiger partial charge is 0.345 e. The fourth-order valence-corrected chi connectivity index (χ4v) is 3.60. The minimum absolute atomic E-state index is 0.149. The highest BCUT2D eigenvalue weighted by Gasteiger charge is 2.58. The highest BCUT2D eigenvalue weighted by Crippen LogP contribution is 2.55. The summed E-state index contributed by atoms with van der Waals surface area (Å²) in [4.78, 5) is 17.9. The summed E-state index contributed by atoms with van der Waals surface area (Å²) >= 11 is 6.48. The number of imidazole rings is 1. The van der Waals surface area contributed by atoms with Gasteiger partial charge in [-0.1, -0.05) is 17.7 Å². The molecule has 0 saturated heterocycles. The van der Waals surface area contributed by atoms with Crippen molar-refractivity contribution >= 4 is 40.2 Å². The van der Waals surface area contributed by atoms with Gasteiger partial charge in [0.1, 0.15) is 11.3 Å². The number of rotatable bonds is 6. The molecule has 4 aromatic rings. The summed E-state index contributed by atoms with van der Waals surface area (Å²) in [6.45, 7) is 0.481. The lowest BCUT2D eigenvalue weighted by atomic mass is 10.2. The van der Waals surface area contributed by atoms with E-state index >= 15 is 0 Å². The van der Waals surface area contributed by atoms with E-state index in [-0.39, 0.29) is 6.42 Å². The van der Waals surface area contributed by atoms with E-state index in [1.54, 1.807) is 24.7 Å². The molecule has 0 radical (unpaired) electrons. The molecule has 1 aromatic carbocycles. The molecule has 154 valence electrons. The number of halogens is 3. The molecule has 11 heteroatoms. The summed E-state index contributed by atoms with van der Waals surface area (Å²) in [5.74, 6) is -2.03. The topological polar surface area (TPSA) is 98.4 Å². The highest BCUT2D eigenvalue weighted by molar-refractivity contribution is 6.35. The van der Waals surface area contributed by atoms with Gasteiger partial charge in [0.05, 0.1) is 22.8 Å². The van der Waals surface area contributed by atoms with E-state index in [9.17, 15) is 8.78 Å². The van der Waals surface area contributed by atoms with E-state index in [0.717, 1.165) is 16.6 Å². The first-order valence-corrected chi connectivity index (χ1v) is 9.63. The Morgan fingerprint density at radius 1 is 1.27 bits per heavy atom. The molecule has 1 aliphatic rings. The van der Waals surface area contributed by atoms with Crippen LogP contribution in [0.15, 0.2) is 36.8 Å². The molecule has 5 rings (SSSR count). The van der Waals surface area contributed by atoms with E-state index in [1.165, 1.54) is 0 Å². The second kappa shape index (κ2) is 6.91. The molecule has 0 amide bonds. The third kappa shape index (κ3) is 3.43. The van der Waals surface area contributed by atoms with Crippen molar-refractivity contribution in [2.75, 3.05) is 17.3 Å². The minimum Gasteiger partial charge on any atom is -0.345 e. The van der Waals surface area contributed by atoms with Gasteiger partial charge in [-0.15, -0.1) is 0 Å². The van der Waals surface area contributed by atoms with Gasteiger partial charge in [0, 0.05) is 38.0 Å². The first-order chi connectivity index (χ1) is 14.4. The number of nitrogens with zero attached hydrogens (tertiary/aromatic N) is 5. The zero-order valence-corrected chi connectivity index (χ0v) is 16.6. The molecule has 1 saturated carbocycles. The van der Waals surface area contributed by atoms with Crippen molar-refractivity contribution in [2.45, 2.75) is 24.8 Å². The number of fused-ring (bicyclic) bond motifs is 1.